The normalized spacial score (nSPS) is 22.4. The fraction of sp³-hybridized carbons (Fsp3) is 0.536. The van der Waals surface area contributed by atoms with Crippen LogP contribution < -0.4 is 9.46 Å². The molecule has 0 aliphatic carbocycles. The summed E-state index contributed by atoms with van der Waals surface area (Å²) in [5, 5.41) is 0. The minimum atomic E-state index is -3.80. The van der Waals surface area contributed by atoms with Gasteiger partial charge >= 0.3 is 5.97 Å². The van der Waals surface area contributed by atoms with Crippen molar-refractivity contribution in [2.24, 2.45) is 23.7 Å². The van der Waals surface area contributed by atoms with Crippen molar-refractivity contribution in [2.45, 2.75) is 69.3 Å². The van der Waals surface area contributed by atoms with Gasteiger partial charge < -0.3 is 9.47 Å². The number of carbonyl (C=O) groups is 1. The number of sulfonamides is 1. The zero-order valence-electron chi connectivity index (χ0n) is 21.9. The average molecular weight is 581 g/mol. The van der Waals surface area contributed by atoms with E-state index in [4.69, 9.17) is 9.47 Å². The Morgan fingerprint density at radius 2 is 1.67 bits per heavy atom. The molecule has 0 bridgehead atoms. The number of halogens is 1. The lowest BCUT2D eigenvalue weighted by molar-refractivity contribution is -0.163. The first kappa shape index (κ1) is 28.7. The van der Waals surface area contributed by atoms with Crippen LogP contribution in [0.4, 0.5) is 0 Å². The Balaban J connectivity index is 1.95. The smallest absolute Gasteiger partial charge is 0.309 e. The van der Waals surface area contributed by atoms with Crippen LogP contribution in [-0.4, -0.2) is 32.4 Å². The molecule has 1 N–H and O–H groups in total. The average Bonchev–Trinajstić information content (AvgIpc) is 2.83. The number of carbonyl (C=O) groups excluding carboxylic acids is 1. The predicted octanol–water partition coefficient (Wildman–Crippen LogP) is 6.04. The van der Waals surface area contributed by atoms with Gasteiger partial charge in [-0.15, -0.1) is 0 Å². The Bertz CT molecular complexity index is 1120. The Labute approximate surface area is 224 Å². The third-order valence-electron chi connectivity index (χ3n) is 7.13. The van der Waals surface area contributed by atoms with E-state index in [0.29, 0.717) is 18.6 Å². The molecule has 5 atom stereocenters. The number of hydrogen-bond donors (Lipinski definition) is 1. The number of nitrogens with one attached hydrogen (secondary N) is 1. The summed E-state index contributed by atoms with van der Waals surface area (Å²) in [4.78, 5) is 13.0. The molecule has 0 radical (unpaired) electrons. The van der Waals surface area contributed by atoms with Gasteiger partial charge in [0.15, 0.2) is 0 Å². The Morgan fingerprint density at radius 1 is 1.06 bits per heavy atom. The summed E-state index contributed by atoms with van der Waals surface area (Å²) < 4.78 is 41.2. The molecule has 0 amide bonds. The molecule has 1 fully saturated rings. The van der Waals surface area contributed by atoms with Gasteiger partial charge in [-0.2, -0.15) is 0 Å². The van der Waals surface area contributed by atoms with Crippen LogP contribution >= 0.6 is 15.9 Å². The maximum Gasteiger partial charge on any atom is 0.309 e. The molecule has 0 aromatic heterocycles. The number of alkyl halides is 1. The van der Waals surface area contributed by atoms with Gasteiger partial charge in [-0.25, -0.2) is 13.1 Å². The van der Waals surface area contributed by atoms with Gasteiger partial charge in [-0.05, 0) is 67.3 Å². The van der Waals surface area contributed by atoms with Crippen LogP contribution in [0.5, 0.6) is 5.75 Å². The number of hydrogen-bond acceptors (Lipinski definition) is 5. The van der Waals surface area contributed by atoms with Gasteiger partial charge in [-0.1, -0.05) is 73.5 Å². The van der Waals surface area contributed by atoms with E-state index in [1.165, 1.54) is 0 Å². The topological polar surface area (TPSA) is 81.7 Å². The number of rotatable bonds is 10. The molecule has 0 saturated carbocycles. The molecular formula is C28H38BrNO5S. The van der Waals surface area contributed by atoms with Crippen LogP contribution in [0.15, 0.2) is 53.4 Å². The Kier molecular flexibility index (Phi) is 9.63. The van der Waals surface area contributed by atoms with Crippen molar-refractivity contribution >= 4 is 31.9 Å². The number of esters is 1. The molecule has 1 saturated heterocycles. The molecule has 198 valence electrons. The molecule has 1 aliphatic heterocycles. The van der Waals surface area contributed by atoms with E-state index in [0.717, 1.165) is 11.1 Å². The van der Waals surface area contributed by atoms with Crippen molar-refractivity contribution in [1.29, 1.82) is 0 Å². The summed E-state index contributed by atoms with van der Waals surface area (Å²) in [6.07, 6.45) is 0.885. The quantitative estimate of drug-likeness (QED) is 0.274. The molecule has 0 unspecified atom stereocenters. The lowest BCUT2D eigenvalue weighted by Crippen LogP contribution is -2.44. The lowest BCUT2D eigenvalue weighted by atomic mass is 9.79. The third kappa shape index (κ3) is 6.90. The number of aryl methyl sites for hydroxylation is 1. The van der Waals surface area contributed by atoms with E-state index in [9.17, 15) is 13.2 Å². The summed E-state index contributed by atoms with van der Waals surface area (Å²) >= 11 is 3.77. The van der Waals surface area contributed by atoms with Gasteiger partial charge in [0.2, 0.25) is 10.0 Å². The minimum absolute atomic E-state index is 0.00840. The van der Waals surface area contributed by atoms with Crippen molar-refractivity contribution in [3.8, 4) is 5.75 Å². The second-order valence-corrected chi connectivity index (χ2v) is 13.3. The van der Waals surface area contributed by atoms with Crippen LogP contribution in [-0.2, 0) is 19.6 Å². The minimum Gasteiger partial charge on any atom is -0.497 e. The molecule has 1 heterocycles. The van der Waals surface area contributed by atoms with Crippen LogP contribution in [0, 0.1) is 30.6 Å². The van der Waals surface area contributed by atoms with Crippen molar-refractivity contribution in [3.63, 3.8) is 0 Å². The standard InChI is InChI=1S/C28H38BrNO5S/c1-17(2)23(16-26-25(29)15-24(18(3)4)28(31)35-26)27(20-9-11-21(34-6)12-10-20)30-36(32,33)22-13-7-19(5)8-14-22/h7-14,17-18,23-27,30H,15-16H2,1-6H3/t23-,24-,25+,26+,27+/m0/s1. The van der Waals surface area contributed by atoms with E-state index in [1.54, 1.807) is 31.4 Å². The summed E-state index contributed by atoms with van der Waals surface area (Å²) in [6.45, 7) is 10.1. The van der Waals surface area contributed by atoms with Crippen molar-refractivity contribution < 1.29 is 22.7 Å². The zero-order chi connectivity index (χ0) is 26.6. The highest BCUT2D eigenvalue weighted by Crippen LogP contribution is 2.39. The first-order valence-corrected chi connectivity index (χ1v) is 14.9. The second-order valence-electron chi connectivity index (χ2n) is 10.4. The molecule has 8 heteroatoms. The van der Waals surface area contributed by atoms with Crippen LogP contribution in [0.3, 0.4) is 0 Å². The molecule has 0 spiro atoms. The summed E-state index contributed by atoms with van der Waals surface area (Å²) in [5.41, 5.74) is 1.82. The van der Waals surface area contributed by atoms with Gasteiger partial charge in [0, 0.05) is 0 Å². The molecular weight excluding hydrogens is 542 g/mol. The molecule has 2 aromatic rings. The van der Waals surface area contributed by atoms with Crippen LogP contribution in [0.1, 0.15) is 57.7 Å². The molecule has 1 aliphatic rings. The lowest BCUT2D eigenvalue weighted by Gasteiger charge is -2.39. The van der Waals surface area contributed by atoms with Crippen molar-refractivity contribution in [1.82, 2.24) is 4.72 Å². The first-order chi connectivity index (χ1) is 16.9. The molecule has 2 aromatic carbocycles. The zero-order valence-corrected chi connectivity index (χ0v) is 24.3. The highest BCUT2D eigenvalue weighted by Gasteiger charge is 2.41. The largest absolute Gasteiger partial charge is 0.497 e. The fourth-order valence-corrected chi connectivity index (χ4v) is 6.77. The highest BCUT2D eigenvalue weighted by atomic mass is 79.9. The monoisotopic (exact) mass is 579 g/mol. The number of cyclic esters (lactones) is 1. The van der Waals surface area contributed by atoms with Gasteiger partial charge in [-0.3, -0.25) is 4.79 Å². The third-order valence-corrected chi connectivity index (χ3v) is 9.56. The summed E-state index contributed by atoms with van der Waals surface area (Å²) in [6, 6.07) is 13.8. The van der Waals surface area contributed by atoms with E-state index < -0.39 is 16.1 Å². The maximum absolute atomic E-state index is 13.5. The van der Waals surface area contributed by atoms with Gasteiger partial charge in [0.25, 0.3) is 0 Å². The number of ether oxygens (including phenoxy) is 2. The molecule has 36 heavy (non-hydrogen) atoms. The van der Waals surface area contributed by atoms with Crippen molar-refractivity contribution in [2.75, 3.05) is 7.11 Å². The fourth-order valence-electron chi connectivity index (χ4n) is 4.77. The highest BCUT2D eigenvalue weighted by molar-refractivity contribution is 9.09. The number of benzene rings is 2. The van der Waals surface area contributed by atoms with E-state index in [2.05, 4.69) is 34.5 Å². The van der Waals surface area contributed by atoms with E-state index in [-0.39, 0.29) is 45.5 Å². The summed E-state index contributed by atoms with van der Waals surface area (Å²) in [5.74, 6) is 0.565. The van der Waals surface area contributed by atoms with Crippen molar-refractivity contribution in [3.05, 3.63) is 59.7 Å². The molecule has 3 rings (SSSR count). The predicted molar refractivity (Wildman–Crippen MR) is 146 cm³/mol. The Hall–Kier alpha value is -1.90. The Morgan fingerprint density at radius 3 is 2.19 bits per heavy atom. The second kappa shape index (κ2) is 12.1. The van der Waals surface area contributed by atoms with Gasteiger partial charge in [0.05, 0.1) is 28.8 Å². The van der Waals surface area contributed by atoms with Crippen LogP contribution in [0.2, 0.25) is 0 Å². The SMILES string of the molecule is COc1ccc([C@@H](NS(=O)(=O)c2ccc(C)cc2)[C@@H](C[C@H]2OC(=O)[C@H](C(C)C)C[C@H]2Br)C(C)C)cc1. The number of methoxy groups -OCH3 is 1. The van der Waals surface area contributed by atoms with E-state index in [1.807, 2.05) is 45.0 Å². The molecule has 6 nitrogen and oxygen atoms in total. The summed E-state index contributed by atoms with van der Waals surface area (Å²) in [7, 11) is -2.21. The van der Waals surface area contributed by atoms with Crippen LogP contribution in [0.25, 0.3) is 0 Å². The van der Waals surface area contributed by atoms with E-state index >= 15 is 0 Å². The van der Waals surface area contributed by atoms with Gasteiger partial charge in [0.1, 0.15) is 11.9 Å². The maximum atomic E-state index is 13.5. The first-order valence-electron chi connectivity index (χ1n) is 12.5.